The number of benzene rings is 1. The fourth-order valence-corrected chi connectivity index (χ4v) is 2.32. The molecule has 0 bridgehead atoms. The van der Waals surface area contributed by atoms with Crippen LogP contribution in [0.1, 0.15) is 26.0 Å². The van der Waals surface area contributed by atoms with Gasteiger partial charge in [0.15, 0.2) is 5.82 Å². The van der Waals surface area contributed by atoms with Crippen molar-refractivity contribution in [2.45, 2.75) is 33.2 Å². The quantitative estimate of drug-likeness (QED) is 0.865. The Kier molecular flexibility index (Phi) is 4.32. The lowest BCUT2D eigenvalue weighted by molar-refractivity contribution is 0.521. The predicted molar refractivity (Wildman–Crippen MR) is 80.2 cm³/mol. The SMILES string of the molecule is Cc1nnc(NC(CN)CC(C)C)c2ccccc12. The highest BCUT2D eigenvalue weighted by Crippen LogP contribution is 2.23. The molecule has 4 nitrogen and oxygen atoms in total. The number of anilines is 1. The Hall–Kier alpha value is -1.68. The second kappa shape index (κ2) is 5.97. The highest BCUT2D eigenvalue weighted by atomic mass is 15.2. The third kappa shape index (κ3) is 3.20. The Bertz CT molecular complexity index is 551. The minimum absolute atomic E-state index is 0.236. The number of nitrogens with one attached hydrogen (secondary N) is 1. The molecule has 2 rings (SSSR count). The molecule has 0 saturated heterocycles. The lowest BCUT2D eigenvalue weighted by atomic mass is 10.0. The minimum atomic E-state index is 0.236. The molecule has 0 aliphatic rings. The van der Waals surface area contributed by atoms with Gasteiger partial charge >= 0.3 is 0 Å². The van der Waals surface area contributed by atoms with Gasteiger partial charge in [0.1, 0.15) is 0 Å². The maximum absolute atomic E-state index is 5.83. The molecule has 0 radical (unpaired) electrons. The van der Waals surface area contributed by atoms with E-state index in [4.69, 9.17) is 5.73 Å². The number of nitrogens with zero attached hydrogens (tertiary/aromatic N) is 2. The molecule has 0 saturated carbocycles. The summed E-state index contributed by atoms with van der Waals surface area (Å²) in [4.78, 5) is 0. The van der Waals surface area contributed by atoms with Gasteiger partial charge in [-0.15, -0.1) is 5.10 Å². The Labute approximate surface area is 114 Å². The number of hydrogen-bond acceptors (Lipinski definition) is 4. The van der Waals surface area contributed by atoms with Gasteiger partial charge < -0.3 is 11.1 Å². The normalized spacial score (nSPS) is 12.9. The fourth-order valence-electron chi connectivity index (χ4n) is 2.32. The van der Waals surface area contributed by atoms with E-state index in [1.807, 2.05) is 19.1 Å². The van der Waals surface area contributed by atoms with E-state index >= 15 is 0 Å². The summed E-state index contributed by atoms with van der Waals surface area (Å²) in [7, 11) is 0. The lowest BCUT2D eigenvalue weighted by Gasteiger charge is -2.20. The van der Waals surface area contributed by atoms with E-state index in [0.29, 0.717) is 12.5 Å². The summed E-state index contributed by atoms with van der Waals surface area (Å²) in [6.45, 7) is 6.97. The molecular formula is C15H22N4. The number of aryl methyl sites for hydroxylation is 1. The molecule has 19 heavy (non-hydrogen) atoms. The van der Waals surface area contributed by atoms with E-state index in [1.54, 1.807) is 0 Å². The second-order valence-corrected chi connectivity index (χ2v) is 5.39. The summed E-state index contributed by atoms with van der Waals surface area (Å²) in [5.41, 5.74) is 6.79. The molecule has 102 valence electrons. The van der Waals surface area contributed by atoms with Gasteiger partial charge in [-0.1, -0.05) is 38.1 Å². The van der Waals surface area contributed by atoms with Crippen LogP contribution >= 0.6 is 0 Å². The zero-order valence-electron chi connectivity index (χ0n) is 11.9. The van der Waals surface area contributed by atoms with Gasteiger partial charge in [0.2, 0.25) is 0 Å². The molecule has 1 aromatic heterocycles. The first kappa shape index (κ1) is 13.7. The van der Waals surface area contributed by atoms with Gasteiger partial charge in [0, 0.05) is 23.4 Å². The molecular weight excluding hydrogens is 236 g/mol. The summed E-state index contributed by atoms with van der Waals surface area (Å²) in [6.07, 6.45) is 1.03. The summed E-state index contributed by atoms with van der Waals surface area (Å²) in [6, 6.07) is 8.43. The van der Waals surface area contributed by atoms with E-state index in [-0.39, 0.29) is 6.04 Å². The smallest absolute Gasteiger partial charge is 0.156 e. The third-order valence-corrected chi connectivity index (χ3v) is 3.25. The van der Waals surface area contributed by atoms with E-state index in [9.17, 15) is 0 Å². The first-order chi connectivity index (χ1) is 9.11. The predicted octanol–water partition coefficient (Wildman–Crippen LogP) is 2.72. The number of nitrogens with two attached hydrogens (primary N) is 1. The molecule has 1 heterocycles. The highest BCUT2D eigenvalue weighted by Gasteiger charge is 2.12. The van der Waals surface area contributed by atoms with Gasteiger partial charge in [-0.05, 0) is 19.3 Å². The molecule has 1 unspecified atom stereocenters. The van der Waals surface area contributed by atoms with Crippen LogP contribution in [0.2, 0.25) is 0 Å². The largest absolute Gasteiger partial charge is 0.364 e. The minimum Gasteiger partial charge on any atom is -0.364 e. The first-order valence-electron chi connectivity index (χ1n) is 6.80. The van der Waals surface area contributed by atoms with Gasteiger partial charge in [-0.2, -0.15) is 5.10 Å². The van der Waals surface area contributed by atoms with Gasteiger partial charge in [-0.3, -0.25) is 0 Å². The first-order valence-corrected chi connectivity index (χ1v) is 6.80. The zero-order chi connectivity index (χ0) is 13.8. The number of rotatable bonds is 5. The topological polar surface area (TPSA) is 63.8 Å². The van der Waals surface area contributed by atoms with Crippen LogP contribution in [0.4, 0.5) is 5.82 Å². The molecule has 0 spiro atoms. The van der Waals surface area contributed by atoms with E-state index in [0.717, 1.165) is 28.7 Å². The molecule has 3 N–H and O–H groups in total. The van der Waals surface area contributed by atoms with Crippen LogP contribution in [0.5, 0.6) is 0 Å². The molecule has 2 aromatic rings. The van der Waals surface area contributed by atoms with Gasteiger partial charge in [-0.25, -0.2) is 0 Å². The van der Waals surface area contributed by atoms with Crippen LogP contribution in [0, 0.1) is 12.8 Å². The highest BCUT2D eigenvalue weighted by molar-refractivity contribution is 5.92. The van der Waals surface area contributed by atoms with Crippen molar-refractivity contribution in [3.63, 3.8) is 0 Å². The van der Waals surface area contributed by atoms with Crippen molar-refractivity contribution in [3.8, 4) is 0 Å². The Morgan fingerprint density at radius 2 is 1.84 bits per heavy atom. The van der Waals surface area contributed by atoms with Crippen molar-refractivity contribution in [2.24, 2.45) is 11.7 Å². The average Bonchev–Trinajstić information content (AvgIpc) is 2.41. The van der Waals surface area contributed by atoms with E-state index in [1.165, 1.54) is 0 Å². The average molecular weight is 258 g/mol. The van der Waals surface area contributed by atoms with Crippen molar-refractivity contribution in [1.82, 2.24) is 10.2 Å². The van der Waals surface area contributed by atoms with Crippen LogP contribution in [0.3, 0.4) is 0 Å². The van der Waals surface area contributed by atoms with Crippen molar-refractivity contribution >= 4 is 16.6 Å². The third-order valence-electron chi connectivity index (χ3n) is 3.25. The molecule has 0 fully saturated rings. The number of aromatic nitrogens is 2. The molecule has 1 aromatic carbocycles. The Balaban J connectivity index is 2.32. The zero-order valence-corrected chi connectivity index (χ0v) is 11.9. The Morgan fingerprint density at radius 1 is 1.16 bits per heavy atom. The van der Waals surface area contributed by atoms with Crippen LogP contribution in [-0.4, -0.2) is 22.8 Å². The second-order valence-electron chi connectivity index (χ2n) is 5.39. The number of hydrogen-bond donors (Lipinski definition) is 2. The fraction of sp³-hybridized carbons (Fsp3) is 0.467. The summed E-state index contributed by atoms with van der Waals surface area (Å²) < 4.78 is 0. The van der Waals surface area contributed by atoms with Crippen LogP contribution in [0.25, 0.3) is 10.8 Å². The summed E-state index contributed by atoms with van der Waals surface area (Å²) >= 11 is 0. The van der Waals surface area contributed by atoms with Crippen LogP contribution in [0.15, 0.2) is 24.3 Å². The van der Waals surface area contributed by atoms with Crippen molar-refractivity contribution in [3.05, 3.63) is 30.0 Å². The van der Waals surface area contributed by atoms with Crippen LogP contribution in [-0.2, 0) is 0 Å². The Morgan fingerprint density at radius 3 is 2.47 bits per heavy atom. The van der Waals surface area contributed by atoms with Crippen molar-refractivity contribution < 1.29 is 0 Å². The molecule has 0 aliphatic carbocycles. The van der Waals surface area contributed by atoms with Crippen molar-refractivity contribution in [1.29, 1.82) is 0 Å². The molecule has 0 aliphatic heterocycles. The maximum atomic E-state index is 5.83. The van der Waals surface area contributed by atoms with E-state index in [2.05, 4.69) is 41.5 Å². The number of fused-ring (bicyclic) bond motifs is 1. The maximum Gasteiger partial charge on any atom is 0.156 e. The molecule has 1 atom stereocenters. The van der Waals surface area contributed by atoms with Crippen molar-refractivity contribution in [2.75, 3.05) is 11.9 Å². The summed E-state index contributed by atoms with van der Waals surface area (Å²) in [5, 5.41) is 14.2. The molecule has 4 heteroatoms. The monoisotopic (exact) mass is 258 g/mol. The standard InChI is InChI=1S/C15H22N4/c1-10(2)8-12(9-16)17-15-14-7-5-4-6-13(14)11(3)18-19-15/h4-7,10,12H,8-9,16H2,1-3H3,(H,17,19). The van der Waals surface area contributed by atoms with Gasteiger partial charge in [0.05, 0.1) is 5.69 Å². The van der Waals surface area contributed by atoms with E-state index < -0.39 is 0 Å². The molecule has 0 amide bonds. The van der Waals surface area contributed by atoms with Crippen LogP contribution < -0.4 is 11.1 Å². The summed E-state index contributed by atoms with van der Waals surface area (Å²) in [5.74, 6) is 1.43. The van der Waals surface area contributed by atoms with Gasteiger partial charge in [0.25, 0.3) is 0 Å². The lowest BCUT2D eigenvalue weighted by Crippen LogP contribution is -2.30.